The minimum absolute atomic E-state index is 0.0466. The van der Waals surface area contributed by atoms with Gasteiger partial charge < -0.3 is 15.4 Å². The molecule has 0 unspecified atom stereocenters. The first kappa shape index (κ1) is 17.1. The Morgan fingerprint density at radius 1 is 1.21 bits per heavy atom. The van der Waals surface area contributed by atoms with Crippen molar-refractivity contribution >= 4 is 36.5 Å². The van der Waals surface area contributed by atoms with Crippen molar-refractivity contribution in [2.24, 2.45) is 5.41 Å². The minimum Gasteiger partial charge on any atom is -0.384 e. The van der Waals surface area contributed by atoms with Gasteiger partial charge in [0.2, 0.25) is 0 Å². The number of aryl methyl sites for hydroxylation is 1. The topological polar surface area (TPSA) is 33.3 Å². The fourth-order valence-electron chi connectivity index (χ4n) is 2.65. The SMILES string of the molecule is [B]CC1(CNc2ccc(Nc3ccc(F)cc3Cl)cc2C)COC1. The molecule has 0 amide bonds. The first-order valence-electron chi connectivity index (χ1n) is 7.86. The number of nitrogens with one attached hydrogen (secondary N) is 2. The molecule has 1 aliphatic rings. The fraction of sp³-hybridized carbons (Fsp3) is 0.333. The first-order valence-corrected chi connectivity index (χ1v) is 8.24. The Bertz CT molecular complexity index is 731. The lowest BCUT2D eigenvalue weighted by Crippen LogP contribution is -2.47. The van der Waals surface area contributed by atoms with E-state index in [-0.39, 0.29) is 11.2 Å². The second kappa shape index (κ2) is 7.03. The van der Waals surface area contributed by atoms with Gasteiger partial charge in [-0.25, -0.2) is 4.39 Å². The molecule has 0 bridgehead atoms. The molecule has 0 spiro atoms. The maximum atomic E-state index is 13.1. The highest BCUT2D eigenvalue weighted by Crippen LogP contribution is 2.32. The van der Waals surface area contributed by atoms with Crippen molar-refractivity contribution in [2.45, 2.75) is 13.2 Å². The first-order chi connectivity index (χ1) is 11.5. The Hall–Kier alpha value is -1.72. The summed E-state index contributed by atoms with van der Waals surface area (Å²) in [4.78, 5) is 0. The van der Waals surface area contributed by atoms with Crippen molar-refractivity contribution in [3.63, 3.8) is 0 Å². The second-order valence-corrected chi connectivity index (χ2v) is 6.74. The number of hydrogen-bond acceptors (Lipinski definition) is 3. The molecule has 1 saturated heterocycles. The molecule has 24 heavy (non-hydrogen) atoms. The number of ether oxygens (including phenoxy) is 1. The zero-order chi connectivity index (χ0) is 17.2. The van der Waals surface area contributed by atoms with E-state index in [1.807, 2.05) is 25.1 Å². The molecule has 1 aliphatic heterocycles. The fourth-order valence-corrected chi connectivity index (χ4v) is 2.87. The Balaban J connectivity index is 1.68. The summed E-state index contributed by atoms with van der Waals surface area (Å²) in [5.74, 6) is -0.352. The number of hydrogen-bond donors (Lipinski definition) is 2. The van der Waals surface area contributed by atoms with Gasteiger partial charge in [-0.15, -0.1) is 0 Å². The highest BCUT2D eigenvalue weighted by molar-refractivity contribution is 6.33. The van der Waals surface area contributed by atoms with Gasteiger partial charge in [-0.2, -0.15) is 0 Å². The van der Waals surface area contributed by atoms with Crippen LogP contribution in [0.4, 0.5) is 21.5 Å². The molecule has 0 aliphatic carbocycles. The average molecular weight is 345 g/mol. The van der Waals surface area contributed by atoms with Gasteiger partial charge in [0, 0.05) is 23.3 Å². The van der Waals surface area contributed by atoms with E-state index in [9.17, 15) is 4.39 Å². The van der Waals surface area contributed by atoms with Gasteiger partial charge in [0.25, 0.3) is 0 Å². The molecule has 1 fully saturated rings. The Morgan fingerprint density at radius 3 is 2.54 bits per heavy atom. The predicted molar refractivity (Wildman–Crippen MR) is 98.2 cm³/mol. The van der Waals surface area contributed by atoms with E-state index in [1.54, 1.807) is 6.07 Å². The van der Waals surface area contributed by atoms with Crippen LogP contribution in [0.3, 0.4) is 0 Å². The summed E-state index contributed by atoms with van der Waals surface area (Å²) in [5, 5.41) is 7.01. The van der Waals surface area contributed by atoms with Crippen LogP contribution in [0.15, 0.2) is 36.4 Å². The van der Waals surface area contributed by atoms with Crippen molar-refractivity contribution in [3.8, 4) is 0 Å². The Morgan fingerprint density at radius 2 is 1.96 bits per heavy atom. The van der Waals surface area contributed by atoms with Gasteiger partial charge in [0.05, 0.1) is 31.8 Å². The average Bonchev–Trinajstić information content (AvgIpc) is 2.51. The molecule has 0 saturated carbocycles. The van der Waals surface area contributed by atoms with E-state index in [0.29, 0.717) is 30.2 Å². The van der Waals surface area contributed by atoms with E-state index >= 15 is 0 Å². The standard InChI is InChI=1S/C18H19BClFN2O/c1-12-6-14(23-17-4-2-13(21)7-15(17)20)3-5-16(12)22-9-18(8-19)10-24-11-18/h2-7,22-23H,8-11H2,1H3. The van der Waals surface area contributed by atoms with Crippen LogP contribution >= 0.6 is 11.6 Å². The zero-order valence-electron chi connectivity index (χ0n) is 13.5. The summed E-state index contributed by atoms with van der Waals surface area (Å²) in [6.45, 7) is 4.24. The molecule has 6 heteroatoms. The van der Waals surface area contributed by atoms with E-state index in [4.69, 9.17) is 24.2 Å². The molecule has 2 aromatic rings. The van der Waals surface area contributed by atoms with Gasteiger partial charge in [-0.05, 0) is 48.9 Å². The van der Waals surface area contributed by atoms with Gasteiger partial charge in [0.1, 0.15) is 5.82 Å². The summed E-state index contributed by atoms with van der Waals surface area (Å²) >= 11 is 6.05. The third-order valence-electron chi connectivity index (χ3n) is 4.34. The zero-order valence-corrected chi connectivity index (χ0v) is 14.3. The number of halogens is 2. The summed E-state index contributed by atoms with van der Waals surface area (Å²) in [5.41, 5.74) is 3.78. The molecule has 2 aromatic carbocycles. The Labute approximate surface area is 148 Å². The second-order valence-electron chi connectivity index (χ2n) is 6.33. The van der Waals surface area contributed by atoms with Crippen LogP contribution in [0.25, 0.3) is 0 Å². The van der Waals surface area contributed by atoms with Crippen LogP contribution in [0.5, 0.6) is 0 Å². The molecule has 1 heterocycles. The van der Waals surface area contributed by atoms with Crippen molar-refractivity contribution in [3.05, 3.63) is 52.8 Å². The summed E-state index contributed by atoms with van der Waals surface area (Å²) in [7, 11) is 5.84. The Kier molecular flexibility index (Phi) is 5.02. The maximum absolute atomic E-state index is 13.1. The van der Waals surface area contributed by atoms with E-state index in [0.717, 1.165) is 23.5 Å². The van der Waals surface area contributed by atoms with Crippen molar-refractivity contribution in [1.82, 2.24) is 0 Å². The molecule has 0 aromatic heterocycles. The van der Waals surface area contributed by atoms with Gasteiger partial charge in [0.15, 0.2) is 0 Å². The molecule has 3 rings (SSSR count). The molecular formula is C18H19BClFN2O. The van der Waals surface area contributed by atoms with Crippen molar-refractivity contribution in [2.75, 3.05) is 30.4 Å². The molecule has 124 valence electrons. The van der Waals surface area contributed by atoms with Crippen LogP contribution in [-0.4, -0.2) is 27.6 Å². The quantitative estimate of drug-likeness (QED) is 0.754. The highest BCUT2D eigenvalue weighted by Gasteiger charge is 2.36. The van der Waals surface area contributed by atoms with E-state index < -0.39 is 0 Å². The molecule has 0 atom stereocenters. The predicted octanol–water partition coefficient (Wildman–Crippen LogP) is 4.55. The summed E-state index contributed by atoms with van der Waals surface area (Å²) in [6.07, 6.45) is 0.613. The molecule has 2 radical (unpaired) electrons. The molecule has 3 nitrogen and oxygen atoms in total. The molecular weight excluding hydrogens is 325 g/mol. The molecule has 2 N–H and O–H groups in total. The van der Waals surface area contributed by atoms with Gasteiger partial charge >= 0.3 is 0 Å². The van der Waals surface area contributed by atoms with Crippen LogP contribution in [0.2, 0.25) is 11.3 Å². The third kappa shape index (κ3) is 3.68. The number of rotatable bonds is 6. The minimum atomic E-state index is -0.352. The summed E-state index contributed by atoms with van der Waals surface area (Å²) < 4.78 is 18.4. The van der Waals surface area contributed by atoms with Crippen molar-refractivity contribution in [1.29, 1.82) is 0 Å². The highest BCUT2D eigenvalue weighted by atomic mass is 35.5. The van der Waals surface area contributed by atoms with Crippen LogP contribution in [0.1, 0.15) is 5.56 Å². The monoisotopic (exact) mass is 344 g/mol. The summed E-state index contributed by atoms with van der Waals surface area (Å²) in [6, 6.07) is 10.3. The van der Waals surface area contributed by atoms with Gasteiger partial charge in [-0.1, -0.05) is 17.9 Å². The van der Waals surface area contributed by atoms with Gasteiger partial charge in [-0.3, -0.25) is 0 Å². The lowest BCUT2D eigenvalue weighted by molar-refractivity contribution is -0.0918. The third-order valence-corrected chi connectivity index (χ3v) is 4.65. The normalized spacial score (nSPS) is 15.6. The largest absolute Gasteiger partial charge is 0.384 e. The lowest BCUT2D eigenvalue weighted by Gasteiger charge is -2.41. The van der Waals surface area contributed by atoms with E-state index in [1.165, 1.54) is 12.1 Å². The lowest BCUT2D eigenvalue weighted by atomic mass is 9.74. The van der Waals surface area contributed by atoms with Crippen LogP contribution in [-0.2, 0) is 4.74 Å². The van der Waals surface area contributed by atoms with E-state index in [2.05, 4.69) is 10.6 Å². The van der Waals surface area contributed by atoms with Crippen molar-refractivity contribution < 1.29 is 9.13 Å². The van der Waals surface area contributed by atoms with Crippen LogP contribution < -0.4 is 10.6 Å². The van der Waals surface area contributed by atoms with Crippen LogP contribution in [0, 0.1) is 18.2 Å². The number of benzene rings is 2. The number of anilines is 3. The maximum Gasteiger partial charge on any atom is 0.124 e. The smallest absolute Gasteiger partial charge is 0.124 e.